The average molecular weight is 360 g/mol. The lowest BCUT2D eigenvalue weighted by Crippen LogP contribution is -2.22. The van der Waals surface area contributed by atoms with Crippen LogP contribution in [-0.2, 0) is 13.1 Å². The Morgan fingerprint density at radius 3 is 2.96 bits per heavy atom. The molecule has 1 amide bonds. The SMILES string of the molecule is O=C(NCc1ccc2c(c1)OCO2)c1ccc(Cn2cc(Cl)cn2)o1. The highest BCUT2D eigenvalue weighted by atomic mass is 35.5. The maximum absolute atomic E-state index is 12.2. The van der Waals surface area contributed by atoms with Crippen LogP contribution in [0.5, 0.6) is 11.5 Å². The molecule has 0 saturated heterocycles. The summed E-state index contributed by atoms with van der Waals surface area (Å²) in [5, 5.41) is 7.44. The Labute approximate surface area is 148 Å². The zero-order valence-electron chi connectivity index (χ0n) is 13.1. The minimum Gasteiger partial charge on any atom is -0.454 e. The molecule has 3 heterocycles. The summed E-state index contributed by atoms with van der Waals surface area (Å²) in [6.45, 7) is 0.990. The molecule has 0 unspecified atom stereocenters. The van der Waals surface area contributed by atoms with Crippen molar-refractivity contribution in [3.63, 3.8) is 0 Å². The number of carbonyl (C=O) groups is 1. The van der Waals surface area contributed by atoms with E-state index in [4.69, 9.17) is 25.5 Å². The number of rotatable bonds is 5. The van der Waals surface area contributed by atoms with Gasteiger partial charge in [-0.1, -0.05) is 17.7 Å². The molecular weight excluding hydrogens is 346 g/mol. The number of furan rings is 1. The second kappa shape index (κ2) is 6.52. The number of aromatic nitrogens is 2. The molecule has 2 aromatic heterocycles. The Morgan fingerprint density at radius 2 is 2.12 bits per heavy atom. The molecule has 1 aliphatic rings. The van der Waals surface area contributed by atoms with Crippen molar-refractivity contribution in [2.45, 2.75) is 13.1 Å². The summed E-state index contributed by atoms with van der Waals surface area (Å²) in [4.78, 5) is 12.2. The smallest absolute Gasteiger partial charge is 0.287 e. The quantitative estimate of drug-likeness (QED) is 0.757. The fourth-order valence-corrected chi connectivity index (χ4v) is 2.65. The van der Waals surface area contributed by atoms with Gasteiger partial charge in [-0.25, -0.2) is 0 Å². The van der Waals surface area contributed by atoms with Crippen molar-refractivity contribution in [1.82, 2.24) is 15.1 Å². The summed E-state index contributed by atoms with van der Waals surface area (Å²) in [5.41, 5.74) is 0.913. The number of ether oxygens (including phenoxy) is 2. The van der Waals surface area contributed by atoms with Gasteiger partial charge >= 0.3 is 0 Å². The maximum Gasteiger partial charge on any atom is 0.287 e. The Kier molecular flexibility index (Phi) is 4.07. The third-order valence-electron chi connectivity index (χ3n) is 3.70. The van der Waals surface area contributed by atoms with Gasteiger partial charge in [-0.05, 0) is 29.8 Å². The predicted octanol–water partition coefficient (Wildman–Crippen LogP) is 2.84. The van der Waals surface area contributed by atoms with E-state index in [1.807, 2.05) is 18.2 Å². The van der Waals surface area contributed by atoms with Crippen molar-refractivity contribution in [1.29, 1.82) is 0 Å². The maximum atomic E-state index is 12.2. The first kappa shape index (κ1) is 15.6. The first-order valence-electron chi connectivity index (χ1n) is 7.61. The van der Waals surface area contributed by atoms with Gasteiger partial charge in [-0.15, -0.1) is 0 Å². The second-order valence-electron chi connectivity index (χ2n) is 5.49. The minimum atomic E-state index is -0.289. The van der Waals surface area contributed by atoms with E-state index >= 15 is 0 Å². The molecular formula is C17H14ClN3O4. The largest absolute Gasteiger partial charge is 0.454 e. The summed E-state index contributed by atoms with van der Waals surface area (Å²) in [7, 11) is 0. The highest BCUT2D eigenvalue weighted by Gasteiger charge is 2.15. The monoisotopic (exact) mass is 359 g/mol. The molecule has 1 N–H and O–H groups in total. The second-order valence-corrected chi connectivity index (χ2v) is 5.93. The van der Waals surface area contributed by atoms with Crippen LogP contribution >= 0.6 is 11.6 Å². The lowest BCUT2D eigenvalue weighted by Gasteiger charge is -2.05. The van der Waals surface area contributed by atoms with Crippen molar-refractivity contribution < 1.29 is 18.7 Å². The van der Waals surface area contributed by atoms with E-state index in [0.717, 1.165) is 5.56 Å². The van der Waals surface area contributed by atoms with E-state index in [9.17, 15) is 4.79 Å². The molecule has 8 heteroatoms. The minimum absolute atomic E-state index is 0.224. The van der Waals surface area contributed by atoms with Crippen molar-refractivity contribution >= 4 is 17.5 Å². The van der Waals surface area contributed by atoms with Crippen molar-refractivity contribution in [3.8, 4) is 11.5 Å². The summed E-state index contributed by atoms with van der Waals surface area (Å²) >= 11 is 5.82. The van der Waals surface area contributed by atoms with Crippen LogP contribution in [0.25, 0.3) is 0 Å². The number of nitrogens with zero attached hydrogens (tertiary/aromatic N) is 2. The van der Waals surface area contributed by atoms with Crippen LogP contribution in [0.15, 0.2) is 47.1 Å². The van der Waals surface area contributed by atoms with Crippen LogP contribution in [-0.4, -0.2) is 22.5 Å². The zero-order valence-corrected chi connectivity index (χ0v) is 13.8. The lowest BCUT2D eigenvalue weighted by atomic mass is 10.2. The van der Waals surface area contributed by atoms with Gasteiger partial charge in [0.25, 0.3) is 5.91 Å². The molecule has 1 aliphatic heterocycles. The van der Waals surface area contributed by atoms with Gasteiger partial charge in [0.2, 0.25) is 6.79 Å². The normalized spacial score (nSPS) is 12.4. The van der Waals surface area contributed by atoms with Crippen LogP contribution in [0.2, 0.25) is 5.02 Å². The first-order chi connectivity index (χ1) is 12.2. The molecule has 0 fully saturated rings. The van der Waals surface area contributed by atoms with Gasteiger partial charge in [0, 0.05) is 12.7 Å². The third-order valence-corrected chi connectivity index (χ3v) is 3.89. The number of halogens is 1. The highest BCUT2D eigenvalue weighted by Crippen LogP contribution is 2.32. The van der Waals surface area contributed by atoms with Gasteiger partial charge in [-0.2, -0.15) is 5.10 Å². The summed E-state index contributed by atoms with van der Waals surface area (Å²) in [6, 6.07) is 8.92. The van der Waals surface area contributed by atoms with Crippen LogP contribution in [0.3, 0.4) is 0 Å². The fraction of sp³-hybridized carbons (Fsp3) is 0.176. The van der Waals surface area contributed by atoms with E-state index in [-0.39, 0.29) is 18.5 Å². The van der Waals surface area contributed by atoms with Crippen LogP contribution in [0, 0.1) is 0 Å². The average Bonchev–Trinajstić information content (AvgIpc) is 3.33. The van der Waals surface area contributed by atoms with Crippen molar-refractivity contribution in [2.75, 3.05) is 6.79 Å². The fourth-order valence-electron chi connectivity index (χ4n) is 2.49. The summed E-state index contributed by atoms with van der Waals surface area (Å²) < 4.78 is 17.8. The van der Waals surface area contributed by atoms with Crippen LogP contribution < -0.4 is 14.8 Å². The Balaban J connectivity index is 1.36. The van der Waals surface area contributed by atoms with E-state index in [1.165, 1.54) is 0 Å². The first-order valence-corrected chi connectivity index (χ1v) is 7.98. The highest BCUT2D eigenvalue weighted by molar-refractivity contribution is 6.30. The van der Waals surface area contributed by atoms with Crippen LogP contribution in [0.4, 0.5) is 0 Å². The molecule has 4 rings (SSSR count). The molecule has 1 aromatic carbocycles. The van der Waals surface area contributed by atoms with E-state index in [1.54, 1.807) is 29.2 Å². The Hall–Kier alpha value is -2.93. The number of benzene rings is 1. The topological polar surface area (TPSA) is 78.5 Å². The predicted molar refractivity (Wildman–Crippen MR) is 88.8 cm³/mol. The molecule has 3 aromatic rings. The molecule has 0 spiro atoms. The van der Waals surface area contributed by atoms with E-state index in [2.05, 4.69) is 10.4 Å². The van der Waals surface area contributed by atoms with Crippen molar-refractivity contribution in [2.24, 2.45) is 0 Å². The molecule has 0 radical (unpaired) electrons. The number of carbonyl (C=O) groups excluding carboxylic acids is 1. The van der Waals surface area contributed by atoms with Gasteiger partial charge in [0.1, 0.15) is 5.76 Å². The summed E-state index contributed by atoms with van der Waals surface area (Å²) in [6.07, 6.45) is 3.23. The van der Waals surface area contributed by atoms with Crippen LogP contribution in [0.1, 0.15) is 21.9 Å². The number of hydrogen-bond donors (Lipinski definition) is 1. The van der Waals surface area contributed by atoms with Crippen molar-refractivity contribution in [3.05, 3.63) is 64.8 Å². The zero-order chi connectivity index (χ0) is 17.2. The standard InChI is InChI=1S/C17H14ClN3O4/c18-12-7-20-21(8-12)9-13-2-4-15(25-13)17(22)19-6-11-1-3-14-16(5-11)24-10-23-14/h1-5,7-8H,6,9-10H2,(H,19,22). The molecule has 25 heavy (non-hydrogen) atoms. The molecule has 0 aliphatic carbocycles. The van der Waals surface area contributed by atoms with Gasteiger partial charge in [0.05, 0.1) is 17.8 Å². The molecule has 0 saturated carbocycles. The summed E-state index contributed by atoms with van der Waals surface area (Å²) in [5.74, 6) is 1.97. The number of fused-ring (bicyclic) bond motifs is 1. The third kappa shape index (κ3) is 3.46. The van der Waals surface area contributed by atoms with Gasteiger partial charge in [0.15, 0.2) is 17.3 Å². The number of hydrogen-bond acceptors (Lipinski definition) is 5. The lowest BCUT2D eigenvalue weighted by molar-refractivity contribution is 0.0921. The van der Waals surface area contributed by atoms with Gasteiger partial charge in [-0.3, -0.25) is 9.48 Å². The molecule has 0 atom stereocenters. The molecule has 128 valence electrons. The van der Waals surface area contributed by atoms with Gasteiger partial charge < -0.3 is 19.2 Å². The van der Waals surface area contributed by atoms with E-state index in [0.29, 0.717) is 35.4 Å². The molecule has 7 nitrogen and oxygen atoms in total. The number of nitrogens with one attached hydrogen (secondary N) is 1. The Bertz CT molecular complexity index is 918. The number of amides is 1. The van der Waals surface area contributed by atoms with E-state index < -0.39 is 0 Å². The molecule has 0 bridgehead atoms. The Morgan fingerprint density at radius 1 is 1.24 bits per heavy atom.